The molecule has 12 bridgehead atoms. The Bertz CT molecular complexity index is 4270. The third-order valence-corrected chi connectivity index (χ3v) is 28.3. The van der Waals surface area contributed by atoms with E-state index in [1.54, 1.807) is 24.3 Å². The first-order valence-electron chi connectivity index (χ1n) is 40.5. The number of phenols is 1. The summed E-state index contributed by atoms with van der Waals surface area (Å²) in [5.74, 6) is 5.84. The number of nitrogens with one attached hydrogen (secondary N) is 1. The van der Waals surface area contributed by atoms with Crippen molar-refractivity contribution in [2.45, 2.75) is 256 Å². The van der Waals surface area contributed by atoms with Crippen LogP contribution in [0.2, 0.25) is 0 Å². The van der Waals surface area contributed by atoms with Gasteiger partial charge in [-0.25, -0.2) is 0 Å². The van der Waals surface area contributed by atoms with Gasteiger partial charge in [0.25, 0.3) is 0 Å². The summed E-state index contributed by atoms with van der Waals surface area (Å²) in [4.78, 5) is 11.7. The van der Waals surface area contributed by atoms with E-state index < -0.39 is 149 Å². The number of aromatic hydroxyl groups is 1. The second-order valence-corrected chi connectivity index (χ2v) is 34.2. The first-order valence-corrected chi connectivity index (χ1v) is 40.5. The molecule has 3 saturated carbocycles. The first kappa shape index (κ1) is 77.3. The molecule has 29 nitrogen and oxygen atoms in total. The van der Waals surface area contributed by atoms with E-state index in [1.807, 2.05) is 39.5 Å². The molecule has 6 aromatic rings. The normalized spacial score (nSPS) is 43.5. The fourth-order valence-corrected chi connectivity index (χ4v) is 23.3. The second kappa shape index (κ2) is 30.8. The summed E-state index contributed by atoms with van der Waals surface area (Å²) in [5, 5.41) is 178. The number of aromatic nitrogens is 3. The Balaban J connectivity index is 0.000000122. The van der Waals surface area contributed by atoms with Gasteiger partial charge in [0, 0.05) is 114 Å². The van der Waals surface area contributed by atoms with Crippen molar-refractivity contribution >= 4 is 32.7 Å². The molecule has 0 spiro atoms. The highest BCUT2D eigenvalue weighted by atomic mass is 16.7. The van der Waals surface area contributed by atoms with Gasteiger partial charge in [0.2, 0.25) is 12.6 Å². The molecule has 35 atom stereocenters. The van der Waals surface area contributed by atoms with Gasteiger partial charge in [0.15, 0.2) is 12.5 Å². The van der Waals surface area contributed by atoms with Gasteiger partial charge in [0.05, 0.1) is 37.5 Å². The maximum atomic E-state index is 11.3. The monoisotopic (exact) mass is 1540 g/mol. The Labute approximate surface area is 637 Å². The van der Waals surface area contributed by atoms with E-state index >= 15 is 0 Å². The van der Waals surface area contributed by atoms with Gasteiger partial charge in [-0.1, -0.05) is 40.0 Å². The van der Waals surface area contributed by atoms with Crippen LogP contribution >= 0.6 is 0 Å². The molecule has 604 valence electrons. The predicted molar refractivity (Wildman–Crippen MR) is 396 cm³/mol. The zero-order valence-corrected chi connectivity index (χ0v) is 62.5. The number of aliphatic hydroxyl groups is 16. The van der Waals surface area contributed by atoms with Gasteiger partial charge >= 0.3 is 0 Å². The molecule has 3 aromatic carbocycles. The number of aromatic amines is 1. The van der Waals surface area contributed by atoms with Crippen molar-refractivity contribution in [3.05, 3.63) is 88.4 Å². The number of aliphatic hydroxyl groups excluding tert-OH is 16. The van der Waals surface area contributed by atoms with Crippen LogP contribution < -0.4 is 9.47 Å². The molecule has 13 fully saturated rings. The Morgan fingerprint density at radius 3 is 1.21 bits per heavy atom. The molecule has 13 aliphatic heterocycles. The van der Waals surface area contributed by atoms with Crippen molar-refractivity contribution < 1.29 is 115 Å². The molecule has 16 heterocycles. The van der Waals surface area contributed by atoms with Gasteiger partial charge < -0.3 is 129 Å². The average molecular weight is 1540 g/mol. The molecule has 16 aliphatic rings. The lowest BCUT2D eigenvalue weighted by atomic mass is 9.65. The van der Waals surface area contributed by atoms with Crippen molar-refractivity contribution in [2.75, 3.05) is 65.7 Å². The standard InChI is InChI=1S/C31H44N2O11.2C25H34N2O6/c1-2-14-7-13-8-18-22(14)32(10-13)6-5-16-17-9-15(42-31-29(41)27(39)25(37)21(12-35)44-31)3-4-19(17)33(23(16)18)30-28(40)26(38)24(36)20(11-34)43-30;1-2-13-7-12-8-17-20-15(5-6-27(10-12)21(13)17)16-9-14(3-4-18(16)26-20)32-25-24(31)23(30)22(29)19(11-28)33-25;1-2-13-7-12-8-17-20(13)26(10-12)6-5-15-16-9-14(29)3-4-18(16)27(21(15)17)25-24(32)23(31)22(30)19(11-28)33-25/h3-4,9,13-14,18,20-22,24-31,34-41H,2,5-8,10-12H2,1H3;3-4,9,12-13,17,19,21-26,28-31H,2,5-8,10-11H2,1H3;3-4,9,12-13,17,19-20,22-25,28-32H,2,5-8,10-11H2,1H3/t13-,14-,18+,20-,21?,22?,24+,25+,26-,27?,28?,29+,30-,31-;12-,13-,17-,19?,21?,22+,23?,24+,25-;12-,13-,17+,19-,20?,22+,23-,24?,25-/m000/s1. The van der Waals surface area contributed by atoms with E-state index in [-0.39, 0.29) is 17.6 Å². The minimum Gasteiger partial charge on any atom is -0.508 e. The lowest BCUT2D eigenvalue weighted by Crippen LogP contribution is -2.60. The van der Waals surface area contributed by atoms with Crippen LogP contribution in [0.15, 0.2) is 54.6 Å². The van der Waals surface area contributed by atoms with Gasteiger partial charge in [-0.05, 0) is 165 Å². The highest BCUT2D eigenvalue weighted by molar-refractivity contribution is 5.89. The zero-order chi connectivity index (χ0) is 76.9. The predicted octanol–water partition coefficient (Wildman–Crippen LogP) is 0.739. The van der Waals surface area contributed by atoms with Crippen LogP contribution in [-0.2, 0) is 38.2 Å². The van der Waals surface area contributed by atoms with E-state index in [9.17, 15) is 86.8 Å². The number of nitrogens with zero attached hydrogens (tertiary/aromatic N) is 5. The van der Waals surface area contributed by atoms with E-state index in [4.69, 9.17) is 28.4 Å². The van der Waals surface area contributed by atoms with E-state index in [2.05, 4.69) is 40.5 Å². The third kappa shape index (κ3) is 12.9. The van der Waals surface area contributed by atoms with Crippen molar-refractivity contribution in [1.82, 2.24) is 28.8 Å². The van der Waals surface area contributed by atoms with Crippen LogP contribution in [-0.4, -0.2) is 310 Å². The number of hydrogen-bond acceptors (Lipinski definition) is 26. The second-order valence-electron chi connectivity index (χ2n) is 34.2. The summed E-state index contributed by atoms with van der Waals surface area (Å²) in [6.07, 6.45) is -13.1. The van der Waals surface area contributed by atoms with Gasteiger partial charge in [-0.2, -0.15) is 0 Å². The van der Waals surface area contributed by atoms with Crippen LogP contribution in [0.5, 0.6) is 17.2 Å². The topological polar surface area (TPSA) is 435 Å². The molecule has 110 heavy (non-hydrogen) atoms. The number of H-pyrrole nitrogens is 1. The van der Waals surface area contributed by atoms with Crippen molar-refractivity contribution in [3.8, 4) is 17.2 Å². The highest BCUT2D eigenvalue weighted by Gasteiger charge is 2.56. The van der Waals surface area contributed by atoms with Crippen LogP contribution in [0.4, 0.5) is 0 Å². The number of hydrogen-bond donors (Lipinski definition) is 18. The molecule has 29 heteroatoms. The molecule has 3 aliphatic carbocycles. The SMILES string of the molecule is CC[C@H]1C[C@H]2C[C@H]3c4[nH]c5ccc(O[C@H]6OC(CO)[C@@H](O)C(O)[C@H]6O)cc5c4CCN(C2)C13.CC[C@H]1C[C@H]2C[C@H]3c4c(c5cc(O)ccc5n4[C@H]4O[C@@H](CO)[C@@H](O)[C@H](O)C4O)CCN(C2)C13.CC[C@H]1C[C@H]2C[C@H]3c4c(c5cc(O[C@H]6OC(CO)[C@@H](O)C(O)[C@H]6O)ccc5n4[C@H]4O[C@@H](CO)[C@@H](O)[C@H](O)C4O)CCN(C2)C13. The Morgan fingerprint density at radius 2 is 0.773 bits per heavy atom. The zero-order valence-electron chi connectivity index (χ0n) is 62.5. The number of ether oxygens (including phenoxy) is 6. The number of rotatable bonds is 13. The molecule has 0 radical (unpaired) electrons. The summed E-state index contributed by atoms with van der Waals surface area (Å²) < 4.78 is 39.2. The lowest BCUT2D eigenvalue weighted by Gasteiger charge is -2.54. The van der Waals surface area contributed by atoms with Crippen LogP contribution in [0.3, 0.4) is 0 Å². The smallest absolute Gasteiger partial charge is 0.229 e. The van der Waals surface area contributed by atoms with Gasteiger partial charge in [-0.15, -0.1) is 0 Å². The maximum Gasteiger partial charge on any atom is 0.229 e. The fourth-order valence-electron chi connectivity index (χ4n) is 23.3. The highest BCUT2D eigenvalue weighted by Crippen LogP contribution is 2.57. The minimum absolute atomic E-state index is 0.138. The summed E-state index contributed by atoms with van der Waals surface area (Å²) in [6.45, 7) is 11.1. The summed E-state index contributed by atoms with van der Waals surface area (Å²) in [5.41, 5.74) is 9.76. The van der Waals surface area contributed by atoms with Crippen LogP contribution in [0, 0.1) is 35.5 Å². The molecular formula is C81H112N6O23. The summed E-state index contributed by atoms with van der Waals surface area (Å²) >= 11 is 0. The molecule has 18 N–H and O–H groups in total. The van der Waals surface area contributed by atoms with Crippen molar-refractivity contribution in [1.29, 1.82) is 0 Å². The van der Waals surface area contributed by atoms with Gasteiger partial charge in [-0.3, -0.25) is 14.7 Å². The molecular weight excluding hydrogens is 1420 g/mol. The fraction of sp³-hybridized carbons (Fsp3) is 0.704. The average Bonchev–Trinajstić information content (AvgIpc) is 1.56. The van der Waals surface area contributed by atoms with E-state index in [0.29, 0.717) is 59.2 Å². The van der Waals surface area contributed by atoms with Gasteiger partial charge in [0.1, 0.15) is 115 Å². The minimum atomic E-state index is -1.58. The molecule has 3 aromatic heterocycles. The largest absolute Gasteiger partial charge is 0.508 e. The molecule has 12 unspecified atom stereocenters. The van der Waals surface area contributed by atoms with Crippen molar-refractivity contribution in [3.63, 3.8) is 0 Å². The van der Waals surface area contributed by atoms with Crippen LogP contribution in [0.25, 0.3) is 32.7 Å². The Morgan fingerprint density at radius 1 is 0.400 bits per heavy atom. The van der Waals surface area contributed by atoms with E-state index in [0.717, 1.165) is 139 Å². The number of piperidine rings is 6. The third-order valence-electron chi connectivity index (χ3n) is 28.3. The number of benzene rings is 3. The van der Waals surface area contributed by atoms with Crippen LogP contribution in [0.1, 0.15) is 143 Å². The first-order chi connectivity index (χ1) is 53.1. The maximum absolute atomic E-state index is 11.3. The Kier molecular flexibility index (Phi) is 21.6. The summed E-state index contributed by atoms with van der Waals surface area (Å²) in [6, 6.07) is 17.7. The number of phenolic OH excluding ortho intramolecular Hbond substituents is 1. The summed E-state index contributed by atoms with van der Waals surface area (Å²) in [7, 11) is 0. The quantitative estimate of drug-likeness (QED) is 0.0758. The molecule has 22 rings (SSSR count). The number of fused-ring (bicyclic) bond motifs is 12. The lowest BCUT2D eigenvalue weighted by molar-refractivity contribution is -0.277. The molecule has 0 amide bonds. The molecule has 10 saturated heterocycles. The van der Waals surface area contributed by atoms with E-state index in [1.165, 1.54) is 55.5 Å². The van der Waals surface area contributed by atoms with Crippen molar-refractivity contribution in [2.24, 2.45) is 35.5 Å². The Hall–Kier alpha value is -5.24.